The number of hydrogen-bond acceptors (Lipinski definition) is 4. The lowest BCUT2D eigenvalue weighted by molar-refractivity contribution is 0.336. The summed E-state index contributed by atoms with van der Waals surface area (Å²) >= 11 is 0. The number of sulfonamides is 1. The number of imidazole rings is 1. The maximum atomic E-state index is 12.6. The van der Waals surface area contributed by atoms with Gasteiger partial charge >= 0.3 is 0 Å². The van der Waals surface area contributed by atoms with Crippen molar-refractivity contribution in [2.75, 3.05) is 12.3 Å². The van der Waals surface area contributed by atoms with Crippen LogP contribution in [-0.2, 0) is 10.0 Å². The predicted octanol–water partition coefficient (Wildman–Crippen LogP) is 1.78. The van der Waals surface area contributed by atoms with Crippen LogP contribution >= 0.6 is 0 Å². The number of aromatic nitrogens is 2. The Morgan fingerprint density at radius 1 is 1.38 bits per heavy atom. The van der Waals surface area contributed by atoms with Gasteiger partial charge in [-0.05, 0) is 30.4 Å². The van der Waals surface area contributed by atoms with Crippen molar-refractivity contribution in [3.05, 3.63) is 24.4 Å². The molecule has 0 saturated heterocycles. The quantitative estimate of drug-likeness (QED) is 0.901. The molecule has 0 aromatic carbocycles. The van der Waals surface area contributed by atoms with Gasteiger partial charge in [0.25, 0.3) is 10.0 Å². The molecule has 0 amide bonds. The highest BCUT2D eigenvalue weighted by Crippen LogP contribution is 2.37. The summed E-state index contributed by atoms with van der Waals surface area (Å²) in [6.07, 6.45) is 6.09. The molecule has 1 saturated carbocycles. The molecule has 1 fully saturated rings. The number of nitrogen functional groups attached to an aromatic ring is 1. The van der Waals surface area contributed by atoms with Crippen molar-refractivity contribution in [2.24, 2.45) is 5.41 Å². The average molecular weight is 308 g/mol. The van der Waals surface area contributed by atoms with E-state index >= 15 is 0 Å². The molecule has 114 valence electrons. The van der Waals surface area contributed by atoms with Gasteiger partial charge in [-0.25, -0.2) is 18.1 Å². The molecule has 21 heavy (non-hydrogen) atoms. The van der Waals surface area contributed by atoms with Crippen LogP contribution in [0, 0.1) is 5.41 Å². The summed E-state index contributed by atoms with van der Waals surface area (Å²) in [5.74, 6) is 0.0327. The van der Waals surface area contributed by atoms with Crippen molar-refractivity contribution < 1.29 is 8.42 Å². The first-order valence-electron chi connectivity index (χ1n) is 7.14. The molecule has 2 aromatic rings. The van der Waals surface area contributed by atoms with Gasteiger partial charge < -0.3 is 5.73 Å². The molecular weight excluding hydrogens is 288 g/mol. The molecule has 7 heteroatoms. The SMILES string of the molecule is CC1(CNS(=O)(=O)c2c(N)nc3ccccn23)CCCC1. The third kappa shape index (κ3) is 2.63. The van der Waals surface area contributed by atoms with Crippen LogP contribution < -0.4 is 10.5 Å². The zero-order chi connectivity index (χ0) is 15.1. The van der Waals surface area contributed by atoms with Gasteiger partial charge in [0.05, 0.1) is 0 Å². The molecule has 1 aliphatic rings. The second-order valence-electron chi connectivity index (χ2n) is 6.07. The predicted molar refractivity (Wildman–Crippen MR) is 81.4 cm³/mol. The molecule has 0 bridgehead atoms. The third-order valence-electron chi connectivity index (χ3n) is 4.27. The van der Waals surface area contributed by atoms with Crippen LogP contribution in [0.25, 0.3) is 5.65 Å². The molecule has 0 atom stereocenters. The molecule has 6 nitrogen and oxygen atoms in total. The van der Waals surface area contributed by atoms with Crippen molar-refractivity contribution in [1.82, 2.24) is 14.1 Å². The average Bonchev–Trinajstić information content (AvgIpc) is 3.00. The molecule has 2 aromatic heterocycles. The van der Waals surface area contributed by atoms with E-state index in [2.05, 4.69) is 16.6 Å². The van der Waals surface area contributed by atoms with E-state index in [1.807, 2.05) is 0 Å². The Hall–Kier alpha value is -1.60. The highest BCUT2D eigenvalue weighted by atomic mass is 32.2. The van der Waals surface area contributed by atoms with Crippen LogP contribution in [0.1, 0.15) is 32.6 Å². The molecule has 0 spiro atoms. The standard InChI is InChI=1S/C14H20N4O2S/c1-14(7-3-4-8-14)10-16-21(19,20)13-12(15)17-11-6-2-5-9-18(11)13/h2,5-6,9,16H,3-4,7-8,10,15H2,1H3. The van der Waals surface area contributed by atoms with E-state index in [0.29, 0.717) is 12.2 Å². The molecule has 3 N–H and O–H groups in total. The van der Waals surface area contributed by atoms with Gasteiger partial charge in [0.2, 0.25) is 0 Å². The summed E-state index contributed by atoms with van der Waals surface area (Å²) < 4.78 is 29.4. The van der Waals surface area contributed by atoms with Crippen molar-refractivity contribution in [1.29, 1.82) is 0 Å². The van der Waals surface area contributed by atoms with Crippen LogP contribution in [0.15, 0.2) is 29.4 Å². The summed E-state index contributed by atoms with van der Waals surface area (Å²) in [5, 5.41) is 0.0275. The second kappa shape index (κ2) is 4.99. The van der Waals surface area contributed by atoms with Crippen LogP contribution in [0.4, 0.5) is 5.82 Å². The topological polar surface area (TPSA) is 89.5 Å². The normalized spacial score (nSPS) is 18.3. The highest BCUT2D eigenvalue weighted by Gasteiger charge is 2.32. The van der Waals surface area contributed by atoms with E-state index in [9.17, 15) is 8.42 Å². The first kappa shape index (κ1) is 14.3. The number of nitrogens with one attached hydrogen (secondary N) is 1. The number of nitrogens with zero attached hydrogens (tertiary/aromatic N) is 2. The number of pyridine rings is 1. The van der Waals surface area contributed by atoms with Gasteiger partial charge in [-0.2, -0.15) is 0 Å². The Morgan fingerprint density at radius 2 is 2.10 bits per heavy atom. The monoisotopic (exact) mass is 308 g/mol. The zero-order valence-corrected chi connectivity index (χ0v) is 12.9. The zero-order valence-electron chi connectivity index (χ0n) is 12.0. The van der Waals surface area contributed by atoms with E-state index < -0.39 is 10.0 Å². The largest absolute Gasteiger partial charge is 0.381 e. The maximum Gasteiger partial charge on any atom is 0.260 e. The first-order chi connectivity index (χ1) is 9.91. The van der Waals surface area contributed by atoms with E-state index in [1.54, 1.807) is 24.4 Å². The van der Waals surface area contributed by atoms with Crippen molar-refractivity contribution >= 4 is 21.5 Å². The smallest absolute Gasteiger partial charge is 0.260 e. The number of fused-ring (bicyclic) bond motifs is 1. The molecule has 0 radical (unpaired) electrons. The first-order valence-corrected chi connectivity index (χ1v) is 8.62. The van der Waals surface area contributed by atoms with Gasteiger partial charge in [-0.15, -0.1) is 0 Å². The van der Waals surface area contributed by atoms with Crippen molar-refractivity contribution in [2.45, 2.75) is 37.6 Å². The second-order valence-corrected chi connectivity index (χ2v) is 7.76. The lowest BCUT2D eigenvalue weighted by atomic mass is 9.89. The molecule has 2 heterocycles. The highest BCUT2D eigenvalue weighted by molar-refractivity contribution is 7.89. The fourth-order valence-corrected chi connectivity index (χ4v) is 4.41. The number of nitrogens with two attached hydrogens (primary N) is 1. The van der Waals surface area contributed by atoms with Crippen LogP contribution in [0.5, 0.6) is 0 Å². The maximum absolute atomic E-state index is 12.6. The Balaban J connectivity index is 1.91. The van der Waals surface area contributed by atoms with Crippen molar-refractivity contribution in [3.63, 3.8) is 0 Å². The number of rotatable bonds is 4. The molecule has 0 aliphatic heterocycles. The van der Waals surface area contributed by atoms with Crippen LogP contribution in [0.2, 0.25) is 0 Å². The number of anilines is 1. The molecule has 1 aliphatic carbocycles. The minimum absolute atomic E-state index is 0.0275. The minimum Gasteiger partial charge on any atom is -0.381 e. The van der Waals surface area contributed by atoms with Gasteiger partial charge in [-0.1, -0.05) is 25.8 Å². The fraction of sp³-hybridized carbons (Fsp3) is 0.500. The Bertz CT molecular complexity index is 760. The molecule has 3 rings (SSSR count). The summed E-state index contributed by atoms with van der Waals surface area (Å²) in [6.45, 7) is 2.56. The lowest BCUT2D eigenvalue weighted by Gasteiger charge is -2.23. The van der Waals surface area contributed by atoms with E-state index in [-0.39, 0.29) is 16.3 Å². The van der Waals surface area contributed by atoms with Crippen molar-refractivity contribution in [3.8, 4) is 0 Å². The van der Waals surface area contributed by atoms with E-state index in [1.165, 1.54) is 4.40 Å². The van der Waals surface area contributed by atoms with Crippen LogP contribution in [0.3, 0.4) is 0 Å². The summed E-state index contributed by atoms with van der Waals surface area (Å²) in [6, 6.07) is 5.28. The minimum atomic E-state index is -3.67. The summed E-state index contributed by atoms with van der Waals surface area (Å²) in [4.78, 5) is 4.10. The number of hydrogen-bond donors (Lipinski definition) is 2. The van der Waals surface area contributed by atoms with E-state index in [0.717, 1.165) is 25.7 Å². The lowest BCUT2D eigenvalue weighted by Crippen LogP contribution is -2.35. The van der Waals surface area contributed by atoms with Crippen LogP contribution in [-0.4, -0.2) is 24.3 Å². The Labute approximate surface area is 124 Å². The van der Waals surface area contributed by atoms with Gasteiger partial charge in [0, 0.05) is 12.7 Å². The Kier molecular flexibility index (Phi) is 3.41. The third-order valence-corrected chi connectivity index (χ3v) is 5.70. The van der Waals surface area contributed by atoms with E-state index in [4.69, 9.17) is 5.73 Å². The van der Waals surface area contributed by atoms with Gasteiger partial charge in [0.1, 0.15) is 5.65 Å². The van der Waals surface area contributed by atoms with Gasteiger partial charge in [0.15, 0.2) is 10.8 Å². The summed E-state index contributed by atoms with van der Waals surface area (Å²) in [5.41, 5.74) is 6.38. The fourth-order valence-electron chi connectivity index (χ4n) is 3.00. The van der Waals surface area contributed by atoms with Gasteiger partial charge in [-0.3, -0.25) is 4.40 Å². The molecular formula is C14H20N4O2S. The summed E-state index contributed by atoms with van der Waals surface area (Å²) in [7, 11) is -3.67. The molecule has 0 unspecified atom stereocenters. The Morgan fingerprint density at radius 3 is 2.81 bits per heavy atom.